The molecule has 27 heavy (non-hydrogen) atoms. The monoisotopic (exact) mass is 379 g/mol. The lowest BCUT2D eigenvalue weighted by Crippen LogP contribution is -2.40. The minimum Gasteiger partial charge on any atom is -0.486 e. The molecule has 1 aliphatic rings. The number of nitrogens with one attached hydrogen (secondary N) is 1. The van der Waals surface area contributed by atoms with E-state index >= 15 is 0 Å². The Morgan fingerprint density at radius 2 is 1.89 bits per heavy atom. The molecule has 1 aliphatic heterocycles. The summed E-state index contributed by atoms with van der Waals surface area (Å²) in [5, 5.41) is 6.28. The van der Waals surface area contributed by atoms with E-state index < -0.39 is 0 Å². The summed E-state index contributed by atoms with van der Waals surface area (Å²) in [5.41, 5.74) is 4.64. The number of anilines is 1. The Morgan fingerprint density at radius 3 is 2.67 bits per heavy atom. The van der Waals surface area contributed by atoms with Crippen molar-refractivity contribution in [1.29, 1.82) is 0 Å². The third kappa shape index (κ3) is 3.53. The molecule has 2 aromatic carbocycles. The van der Waals surface area contributed by atoms with Gasteiger partial charge in [-0.25, -0.2) is 4.98 Å². The Kier molecular flexibility index (Phi) is 4.58. The SMILES string of the molecule is Cc1ccc(OCc2nc(C3Nc4ccc(C)cc4C(=O)N3C)cs2)cc1. The second-order valence-electron chi connectivity index (χ2n) is 6.78. The fourth-order valence-corrected chi connectivity index (χ4v) is 3.80. The standard InChI is InChI=1S/C21H21N3O2S/c1-13-4-7-15(8-5-13)26-11-19-22-18(12-27-19)20-23-17-9-6-14(2)10-16(17)21(25)24(20)3/h4-10,12,20,23H,11H2,1-3H3. The van der Waals surface area contributed by atoms with E-state index in [4.69, 9.17) is 4.74 Å². The molecule has 6 heteroatoms. The number of aromatic nitrogens is 1. The van der Waals surface area contributed by atoms with Crippen LogP contribution in [0.15, 0.2) is 47.8 Å². The molecule has 1 amide bonds. The van der Waals surface area contributed by atoms with Gasteiger partial charge in [-0.2, -0.15) is 0 Å². The largest absolute Gasteiger partial charge is 0.486 e. The smallest absolute Gasteiger partial charge is 0.257 e. The number of benzene rings is 2. The number of ether oxygens (including phenoxy) is 1. The Hall–Kier alpha value is -2.86. The van der Waals surface area contributed by atoms with Crippen LogP contribution in [0, 0.1) is 13.8 Å². The molecule has 1 N–H and O–H groups in total. The molecule has 3 aromatic rings. The molecule has 1 unspecified atom stereocenters. The van der Waals surface area contributed by atoms with Crippen molar-refractivity contribution in [1.82, 2.24) is 9.88 Å². The molecule has 1 aromatic heterocycles. The van der Waals surface area contributed by atoms with E-state index in [1.165, 1.54) is 16.9 Å². The van der Waals surface area contributed by atoms with Gasteiger partial charge in [0.05, 0.1) is 11.3 Å². The molecular formula is C21H21N3O2S. The van der Waals surface area contributed by atoms with Gasteiger partial charge in [-0.05, 0) is 38.1 Å². The maximum atomic E-state index is 12.7. The van der Waals surface area contributed by atoms with Gasteiger partial charge in [-0.15, -0.1) is 11.3 Å². The van der Waals surface area contributed by atoms with Gasteiger partial charge < -0.3 is 15.0 Å². The summed E-state index contributed by atoms with van der Waals surface area (Å²) in [6, 6.07) is 13.8. The lowest BCUT2D eigenvalue weighted by molar-refractivity contribution is 0.0732. The molecule has 138 valence electrons. The van der Waals surface area contributed by atoms with Crippen LogP contribution in [0.5, 0.6) is 5.75 Å². The fourth-order valence-electron chi connectivity index (χ4n) is 3.08. The predicted molar refractivity (Wildman–Crippen MR) is 107 cm³/mol. The van der Waals surface area contributed by atoms with Crippen molar-refractivity contribution in [2.45, 2.75) is 26.6 Å². The summed E-state index contributed by atoms with van der Waals surface area (Å²) in [5.74, 6) is 0.827. The van der Waals surface area contributed by atoms with E-state index in [-0.39, 0.29) is 12.1 Å². The van der Waals surface area contributed by atoms with Gasteiger partial charge in [-0.1, -0.05) is 29.3 Å². The Bertz CT molecular complexity index is 981. The van der Waals surface area contributed by atoms with Crippen LogP contribution in [0.3, 0.4) is 0 Å². The van der Waals surface area contributed by atoms with E-state index in [1.807, 2.05) is 61.7 Å². The predicted octanol–water partition coefficient (Wildman–Crippen LogP) is 4.54. The van der Waals surface area contributed by atoms with Crippen molar-refractivity contribution in [3.05, 3.63) is 75.2 Å². The number of fused-ring (bicyclic) bond motifs is 1. The number of nitrogens with zero attached hydrogens (tertiary/aromatic N) is 2. The number of amides is 1. The van der Waals surface area contributed by atoms with Crippen molar-refractivity contribution in [2.75, 3.05) is 12.4 Å². The molecule has 1 atom stereocenters. The van der Waals surface area contributed by atoms with Gasteiger partial charge in [0.15, 0.2) is 0 Å². The highest BCUT2D eigenvalue weighted by Gasteiger charge is 2.31. The van der Waals surface area contributed by atoms with E-state index in [9.17, 15) is 4.79 Å². The van der Waals surface area contributed by atoms with Crippen molar-refractivity contribution >= 4 is 22.9 Å². The summed E-state index contributed by atoms with van der Waals surface area (Å²) in [7, 11) is 1.80. The van der Waals surface area contributed by atoms with E-state index in [0.29, 0.717) is 12.2 Å². The molecule has 0 bridgehead atoms. The molecule has 5 nitrogen and oxygen atoms in total. The zero-order valence-electron chi connectivity index (χ0n) is 15.5. The molecule has 0 saturated carbocycles. The summed E-state index contributed by atoms with van der Waals surface area (Å²) in [6.07, 6.45) is -0.280. The number of rotatable bonds is 4. The highest BCUT2D eigenvalue weighted by Crippen LogP contribution is 2.33. The minimum absolute atomic E-state index is 0.00269. The van der Waals surface area contributed by atoms with Crippen LogP contribution in [0.25, 0.3) is 0 Å². The van der Waals surface area contributed by atoms with Gasteiger partial charge in [0.2, 0.25) is 0 Å². The number of aryl methyl sites for hydroxylation is 2. The fraction of sp³-hybridized carbons (Fsp3) is 0.238. The number of hydrogen-bond donors (Lipinski definition) is 1. The molecule has 2 heterocycles. The van der Waals surface area contributed by atoms with Gasteiger partial charge in [0.1, 0.15) is 23.5 Å². The van der Waals surface area contributed by atoms with Crippen LogP contribution in [0.4, 0.5) is 5.69 Å². The lowest BCUT2D eigenvalue weighted by atomic mass is 10.0. The van der Waals surface area contributed by atoms with Gasteiger partial charge in [0, 0.05) is 18.1 Å². The van der Waals surface area contributed by atoms with Crippen LogP contribution < -0.4 is 10.1 Å². The maximum absolute atomic E-state index is 12.7. The number of hydrogen-bond acceptors (Lipinski definition) is 5. The van der Waals surface area contributed by atoms with Crippen molar-refractivity contribution in [3.63, 3.8) is 0 Å². The zero-order valence-corrected chi connectivity index (χ0v) is 16.3. The van der Waals surface area contributed by atoms with Crippen LogP contribution in [0.1, 0.15) is 38.4 Å². The highest BCUT2D eigenvalue weighted by molar-refractivity contribution is 7.09. The normalized spacial score (nSPS) is 16.0. The average molecular weight is 379 g/mol. The number of carbonyl (C=O) groups excluding carboxylic acids is 1. The maximum Gasteiger partial charge on any atom is 0.257 e. The molecule has 4 rings (SSSR count). The van der Waals surface area contributed by atoms with E-state index in [0.717, 1.165) is 27.7 Å². The molecule has 0 radical (unpaired) electrons. The van der Waals surface area contributed by atoms with Crippen LogP contribution in [0.2, 0.25) is 0 Å². The second-order valence-corrected chi connectivity index (χ2v) is 7.72. The number of thiazole rings is 1. The average Bonchev–Trinajstić information content (AvgIpc) is 3.13. The first-order valence-corrected chi connectivity index (χ1v) is 9.67. The Morgan fingerprint density at radius 1 is 1.15 bits per heavy atom. The molecule has 0 spiro atoms. The topological polar surface area (TPSA) is 54.5 Å². The zero-order chi connectivity index (χ0) is 19.0. The minimum atomic E-state index is -0.280. The van der Waals surface area contributed by atoms with Crippen molar-refractivity contribution in [3.8, 4) is 5.75 Å². The van der Waals surface area contributed by atoms with Crippen LogP contribution in [-0.4, -0.2) is 22.8 Å². The summed E-state index contributed by atoms with van der Waals surface area (Å²) >= 11 is 1.54. The first-order chi connectivity index (χ1) is 13.0. The second kappa shape index (κ2) is 7.04. The molecule has 0 fully saturated rings. The van der Waals surface area contributed by atoms with Gasteiger partial charge >= 0.3 is 0 Å². The number of carbonyl (C=O) groups is 1. The lowest BCUT2D eigenvalue weighted by Gasteiger charge is -2.34. The third-order valence-electron chi connectivity index (χ3n) is 4.64. The molecule has 0 aliphatic carbocycles. The van der Waals surface area contributed by atoms with Gasteiger partial charge in [-0.3, -0.25) is 4.79 Å². The summed E-state index contributed by atoms with van der Waals surface area (Å²) in [6.45, 7) is 4.44. The first kappa shape index (κ1) is 17.5. The summed E-state index contributed by atoms with van der Waals surface area (Å²) < 4.78 is 5.81. The first-order valence-electron chi connectivity index (χ1n) is 8.79. The highest BCUT2D eigenvalue weighted by atomic mass is 32.1. The molecular weight excluding hydrogens is 358 g/mol. The Labute approximate surface area is 162 Å². The quantitative estimate of drug-likeness (QED) is 0.723. The van der Waals surface area contributed by atoms with Crippen LogP contribution >= 0.6 is 11.3 Å². The van der Waals surface area contributed by atoms with Gasteiger partial charge in [0.25, 0.3) is 5.91 Å². The Balaban J connectivity index is 1.50. The van der Waals surface area contributed by atoms with Crippen molar-refractivity contribution < 1.29 is 9.53 Å². The molecule has 0 saturated heterocycles. The summed E-state index contributed by atoms with van der Waals surface area (Å²) in [4.78, 5) is 19.1. The third-order valence-corrected chi connectivity index (χ3v) is 5.48. The van der Waals surface area contributed by atoms with E-state index in [2.05, 4.69) is 10.3 Å². The van der Waals surface area contributed by atoms with Crippen LogP contribution in [-0.2, 0) is 6.61 Å². The van der Waals surface area contributed by atoms with Crippen molar-refractivity contribution in [2.24, 2.45) is 0 Å². The van der Waals surface area contributed by atoms with E-state index in [1.54, 1.807) is 11.9 Å².